The number of aliphatic imine (C=N–C) groups is 1. The molecule has 1 unspecified atom stereocenters. The van der Waals surface area contributed by atoms with Crippen LogP contribution in [-0.4, -0.2) is 80.1 Å². The number of carbonyl (C=O) groups excluding carboxylic acids is 2. The summed E-state index contributed by atoms with van der Waals surface area (Å²) in [5.74, 6) is -0.834. The fraction of sp³-hybridized carbons (Fsp3) is 0.333. The van der Waals surface area contributed by atoms with E-state index in [9.17, 15) is 9.59 Å². The summed E-state index contributed by atoms with van der Waals surface area (Å²) >= 11 is 19.5. The number of ether oxygens (including phenoxy) is 3. The van der Waals surface area contributed by atoms with Crippen LogP contribution in [0.3, 0.4) is 0 Å². The second kappa shape index (κ2) is 13.9. The average molecular weight is 632 g/mol. The Morgan fingerprint density at radius 2 is 1.88 bits per heavy atom. The monoisotopic (exact) mass is 630 g/mol. The van der Waals surface area contributed by atoms with Gasteiger partial charge in [0.25, 0.3) is 5.91 Å². The SMILES string of the molecule is COCCOc1ncc(Cl)cc1C(=O)NC1N=C(c2c(Cl)cc(Cl)cc2CN2CCOCC2)c2ccccc2CC1=O. The van der Waals surface area contributed by atoms with E-state index in [4.69, 9.17) is 54.0 Å². The van der Waals surface area contributed by atoms with Crippen LogP contribution in [0.15, 0.2) is 53.7 Å². The molecule has 5 rings (SSSR count). The number of hydrogen-bond acceptors (Lipinski definition) is 8. The summed E-state index contributed by atoms with van der Waals surface area (Å²) in [5, 5.41) is 3.89. The average Bonchev–Trinajstić information content (AvgIpc) is 3.10. The van der Waals surface area contributed by atoms with Gasteiger partial charge in [-0.15, -0.1) is 0 Å². The fourth-order valence-corrected chi connectivity index (χ4v) is 5.70. The zero-order valence-electron chi connectivity index (χ0n) is 22.9. The fourth-order valence-electron chi connectivity index (χ4n) is 4.92. The van der Waals surface area contributed by atoms with Gasteiger partial charge in [-0.2, -0.15) is 0 Å². The number of halogens is 3. The number of nitrogens with zero attached hydrogens (tertiary/aromatic N) is 3. The van der Waals surface area contributed by atoms with Gasteiger partial charge in [-0.1, -0.05) is 59.1 Å². The lowest BCUT2D eigenvalue weighted by Gasteiger charge is -2.28. The van der Waals surface area contributed by atoms with E-state index in [2.05, 4.69) is 15.2 Å². The zero-order chi connectivity index (χ0) is 29.6. The zero-order valence-corrected chi connectivity index (χ0v) is 25.1. The highest BCUT2D eigenvalue weighted by atomic mass is 35.5. The van der Waals surface area contributed by atoms with Crippen molar-refractivity contribution < 1.29 is 23.8 Å². The van der Waals surface area contributed by atoms with Crippen LogP contribution in [0, 0.1) is 0 Å². The summed E-state index contributed by atoms with van der Waals surface area (Å²) in [7, 11) is 1.54. The van der Waals surface area contributed by atoms with Crippen LogP contribution in [-0.2, 0) is 27.2 Å². The molecule has 0 saturated carbocycles. The minimum Gasteiger partial charge on any atom is -0.475 e. The highest BCUT2D eigenvalue weighted by molar-refractivity contribution is 6.38. The summed E-state index contributed by atoms with van der Waals surface area (Å²) in [6.45, 7) is 3.80. The highest BCUT2D eigenvalue weighted by Crippen LogP contribution is 2.32. The number of aromatic nitrogens is 1. The maximum Gasteiger partial charge on any atom is 0.258 e. The number of pyridine rings is 1. The maximum atomic E-state index is 13.5. The summed E-state index contributed by atoms with van der Waals surface area (Å²) in [6, 6.07) is 12.5. The molecule has 1 saturated heterocycles. The van der Waals surface area contributed by atoms with Crippen LogP contribution in [0.2, 0.25) is 15.1 Å². The first kappa shape index (κ1) is 30.4. The Kier molecular flexibility index (Phi) is 10.1. The van der Waals surface area contributed by atoms with Crippen LogP contribution in [0.1, 0.15) is 32.6 Å². The van der Waals surface area contributed by atoms with Crippen LogP contribution < -0.4 is 10.1 Å². The molecule has 42 heavy (non-hydrogen) atoms. The second-order valence-corrected chi connectivity index (χ2v) is 11.1. The summed E-state index contributed by atoms with van der Waals surface area (Å²) in [4.78, 5) is 38.3. The lowest BCUT2D eigenvalue weighted by Crippen LogP contribution is -2.40. The van der Waals surface area contributed by atoms with Crippen LogP contribution in [0.4, 0.5) is 0 Å². The Labute approximate surface area is 258 Å². The van der Waals surface area contributed by atoms with Crippen molar-refractivity contribution in [3.8, 4) is 5.88 Å². The number of hydrogen-bond donors (Lipinski definition) is 1. The first-order valence-corrected chi connectivity index (χ1v) is 14.5. The molecule has 0 bridgehead atoms. The van der Waals surface area contributed by atoms with Crippen molar-refractivity contribution in [1.82, 2.24) is 15.2 Å². The molecule has 3 aromatic rings. The Balaban J connectivity index is 1.55. The third kappa shape index (κ3) is 7.11. The van der Waals surface area contributed by atoms with E-state index in [1.807, 2.05) is 30.3 Å². The molecule has 2 aliphatic rings. The first-order valence-electron chi connectivity index (χ1n) is 13.4. The molecule has 220 valence electrons. The summed E-state index contributed by atoms with van der Waals surface area (Å²) < 4.78 is 16.2. The van der Waals surface area contributed by atoms with E-state index in [1.54, 1.807) is 6.07 Å². The van der Waals surface area contributed by atoms with Gasteiger partial charge >= 0.3 is 0 Å². The molecule has 1 N–H and O–H groups in total. The van der Waals surface area contributed by atoms with E-state index in [0.717, 1.165) is 29.8 Å². The minimum atomic E-state index is -1.21. The van der Waals surface area contributed by atoms with E-state index in [0.29, 0.717) is 47.7 Å². The molecule has 1 amide bonds. The van der Waals surface area contributed by atoms with Crippen molar-refractivity contribution in [2.75, 3.05) is 46.6 Å². The van der Waals surface area contributed by atoms with Gasteiger partial charge in [-0.25, -0.2) is 4.98 Å². The number of carbonyl (C=O) groups is 2. The van der Waals surface area contributed by atoms with E-state index >= 15 is 0 Å². The topological polar surface area (TPSA) is 102 Å². The molecule has 3 heterocycles. The quantitative estimate of drug-likeness (QED) is 0.344. The molecule has 0 radical (unpaired) electrons. The Hall–Kier alpha value is -3.05. The number of nitrogens with one attached hydrogen (secondary N) is 1. The number of benzene rings is 2. The standard InChI is InChI=1S/C30H29Cl3N4O5/c1-40-10-11-42-30-23(14-21(32)16-34-30)29(39)36-28-25(38)13-18-4-2-3-5-22(18)27(35-28)26-19(12-20(31)15-24(26)33)17-37-6-8-41-9-7-37/h2-5,12,14-16,28H,6-11,13,17H2,1H3,(H,36,39). The highest BCUT2D eigenvalue weighted by Gasteiger charge is 2.31. The van der Waals surface area contributed by atoms with Gasteiger partial charge in [-0.3, -0.25) is 19.5 Å². The number of methoxy groups -OCH3 is 1. The van der Waals surface area contributed by atoms with Crippen LogP contribution >= 0.6 is 34.8 Å². The molecule has 0 aliphatic carbocycles. The van der Waals surface area contributed by atoms with E-state index < -0.39 is 12.1 Å². The summed E-state index contributed by atoms with van der Waals surface area (Å²) in [6.07, 6.45) is 0.222. The Morgan fingerprint density at radius 3 is 2.67 bits per heavy atom. The van der Waals surface area contributed by atoms with Gasteiger partial charge < -0.3 is 19.5 Å². The smallest absolute Gasteiger partial charge is 0.258 e. The molecular formula is C30H29Cl3N4O5. The first-order chi connectivity index (χ1) is 20.3. The van der Waals surface area contributed by atoms with E-state index in [-0.39, 0.29) is 35.3 Å². The van der Waals surface area contributed by atoms with Gasteiger partial charge in [-0.05, 0) is 29.3 Å². The molecule has 1 aromatic heterocycles. The van der Waals surface area contributed by atoms with Gasteiger partial charge in [0.15, 0.2) is 11.9 Å². The van der Waals surface area contributed by atoms with Crippen molar-refractivity contribution >= 4 is 52.2 Å². The predicted molar refractivity (Wildman–Crippen MR) is 161 cm³/mol. The minimum absolute atomic E-state index is 0.0586. The number of fused-ring (bicyclic) bond motifs is 1. The van der Waals surface area contributed by atoms with Gasteiger partial charge in [0.2, 0.25) is 5.88 Å². The van der Waals surface area contributed by atoms with E-state index in [1.165, 1.54) is 19.4 Å². The van der Waals surface area contributed by atoms with Crippen LogP contribution in [0.25, 0.3) is 0 Å². The molecule has 9 nitrogen and oxygen atoms in total. The Morgan fingerprint density at radius 1 is 1.10 bits per heavy atom. The third-order valence-electron chi connectivity index (χ3n) is 6.93. The largest absolute Gasteiger partial charge is 0.475 e. The van der Waals surface area contributed by atoms with Crippen molar-refractivity contribution in [2.24, 2.45) is 4.99 Å². The molecule has 1 atom stereocenters. The van der Waals surface area contributed by atoms with Crippen LogP contribution in [0.5, 0.6) is 5.88 Å². The van der Waals surface area contributed by atoms with Crippen molar-refractivity contribution in [2.45, 2.75) is 19.1 Å². The van der Waals surface area contributed by atoms with Crippen molar-refractivity contribution in [1.29, 1.82) is 0 Å². The number of Topliss-reactive ketones (excluding diaryl/α,β-unsaturated/α-hetero) is 1. The normalized spacial score (nSPS) is 17.3. The third-order valence-corrected chi connectivity index (χ3v) is 7.65. The number of rotatable bonds is 9. The number of ketones is 1. The van der Waals surface area contributed by atoms with Gasteiger partial charge in [0.1, 0.15) is 12.2 Å². The molecule has 12 heteroatoms. The molecule has 1 fully saturated rings. The lowest BCUT2D eigenvalue weighted by atomic mass is 9.93. The molecular weight excluding hydrogens is 603 g/mol. The summed E-state index contributed by atoms with van der Waals surface area (Å²) in [5.41, 5.74) is 3.60. The number of amides is 1. The predicted octanol–water partition coefficient (Wildman–Crippen LogP) is 4.62. The molecule has 2 aliphatic heterocycles. The van der Waals surface area contributed by atoms with Crippen molar-refractivity contribution in [3.05, 3.63) is 91.5 Å². The second-order valence-electron chi connectivity index (χ2n) is 9.81. The number of morpholine rings is 1. The Bertz CT molecular complexity index is 1510. The molecule has 0 spiro atoms. The maximum absolute atomic E-state index is 13.5. The van der Waals surface area contributed by atoms with Gasteiger partial charge in [0, 0.05) is 55.5 Å². The van der Waals surface area contributed by atoms with Crippen molar-refractivity contribution in [3.63, 3.8) is 0 Å². The lowest BCUT2D eigenvalue weighted by molar-refractivity contribution is -0.120. The van der Waals surface area contributed by atoms with Gasteiger partial charge in [0.05, 0.1) is 35.6 Å². The molecule has 2 aromatic carbocycles.